The predicted molar refractivity (Wildman–Crippen MR) is 105 cm³/mol. The highest BCUT2D eigenvalue weighted by molar-refractivity contribution is 7.99. The van der Waals surface area contributed by atoms with Gasteiger partial charge in [0, 0.05) is 23.1 Å². The van der Waals surface area contributed by atoms with Gasteiger partial charge in [-0.25, -0.2) is 9.18 Å². The quantitative estimate of drug-likeness (QED) is 0.647. The Kier molecular flexibility index (Phi) is 4.83. The van der Waals surface area contributed by atoms with Gasteiger partial charge < -0.3 is 14.6 Å². The molecule has 1 aliphatic rings. The van der Waals surface area contributed by atoms with Gasteiger partial charge in [0.1, 0.15) is 17.2 Å². The summed E-state index contributed by atoms with van der Waals surface area (Å²) in [7, 11) is 1.75. The van der Waals surface area contributed by atoms with Gasteiger partial charge in [0.25, 0.3) is 0 Å². The molecule has 3 aromatic rings. The number of hydrogen-bond donors (Lipinski definition) is 1. The molecule has 0 bridgehead atoms. The molecule has 2 amide bonds. The van der Waals surface area contributed by atoms with Crippen LogP contribution in [0.4, 0.5) is 9.18 Å². The van der Waals surface area contributed by atoms with E-state index in [1.165, 1.54) is 12.1 Å². The standard InChI is InChI=1S/C21H21FN2O2S/c1-13(19-11-14-5-3-4-6-18(14)26-19)24(2)21(25)23-17-9-10-27-20-8-7-15(22)12-16(17)20/h3-8,11-13,17H,9-10H2,1-2H3,(H,23,25)/t13-,17+/m1/s1. The van der Waals surface area contributed by atoms with Crippen LogP contribution in [0.15, 0.2) is 57.8 Å². The molecular weight excluding hydrogens is 363 g/mol. The number of halogens is 1. The molecule has 2 heterocycles. The highest BCUT2D eigenvalue weighted by Gasteiger charge is 2.26. The molecule has 4 rings (SSSR count). The van der Waals surface area contributed by atoms with Gasteiger partial charge in [0.2, 0.25) is 0 Å². The van der Waals surface area contributed by atoms with Crippen molar-refractivity contribution in [3.05, 3.63) is 65.7 Å². The molecule has 0 saturated carbocycles. The second-order valence-corrected chi connectivity index (χ2v) is 7.93. The molecule has 1 aromatic heterocycles. The fraction of sp³-hybridized carbons (Fsp3) is 0.286. The summed E-state index contributed by atoms with van der Waals surface area (Å²) < 4.78 is 19.6. The molecule has 0 radical (unpaired) electrons. The number of hydrogen-bond acceptors (Lipinski definition) is 3. The van der Waals surface area contributed by atoms with E-state index in [0.717, 1.165) is 39.4 Å². The lowest BCUT2D eigenvalue weighted by atomic mass is 10.0. The Balaban J connectivity index is 1.50. The van der Waals surface area contributed by atoms with E-state index in [0.29, 0.717) is 0 Å². The number of carbonyl (C=O) groups excluding carboxylic acids is 1. The number of fused-ring (bicyclic) bond motifs is 2. The van der Waals surface area contributed by atoms with E-state index >= 15 is 0 Å². The summed E-state index contributed by atoms with van der Waals surface area (Å²) in [6, 6.07) is 13.9. The van der Waals surface area contributed by atoms with Crippen LogP contribution in [0.1, 0.15) is 36.8 Å². The summed E-state index contributed by atoms with van der Waals surface area (Å²) in [5.74, 6) is 1.35. The van der Waals surface area contributed by atoms with Gasteiger partial charge in [-0.1, -0.05) is 18.2 Å². The van der Waals surface area contributed by atoms with Gasteiger partial charge in [-0.05, 0) is 49.2 Å². The third kappa shape index (κ3) is 3.54. The maximum Gasteiger partial charge on any atom is 0.318 e. The normalized spacial score (nSPS) is 17.4. The van der Waals surface area contributed by atoms with Crippen LogP contribution in [-0.2, 0) is 0 Å². The molecule has 0 aliphatic carbocycles. The highest BCUT2D eigenvalue weighted by Crippen LogP contribution is 2.36. The van der Waals surface area contributed by atoms with Gasteiger partial charge in [-0.2, -0.15) is 0 Å². The number of para-hydroxylation sites is 1. The first-order valence-electron chi connectivity index (χ1n) is 8.97. The van der Waals surface area contributed by atoms with Crippen LogP contribution in [0, 0.1) is 5.82 Å². The Morgan fingerprint density at radius 1 is 1.30 bits per heavy atom. The molecule has 0 saturated heterocycles. The van der Waals surface area contributed by atoms with Crippen LogP contribution in [-0.4, -0.2) is 23.7 Å². The third-order valence-electron chi connectivity index (χ3n) is 5.07. The summed E-state index contributed by atoms with van der Waals surface area (Å²) in [5, 5.41) is 4.07. The maximum absolute atomic E-state index is 13.7. The summed E-state index contributed by atoms with van der Waals surface area (Å²) in [6.07, 6.45) is 0.777. The van der Waals surface area contributed by atoms with E-state index in [9.17, 15) is 9.18 Å². The van der Waals surface area contributed by atoms with Crippen LogP contribution in [0.2, 0.25) is 0 Å². The van der Waals surface area contributed by atoms with E-state index in [1.807, 2.05) is 37.3 Å². The van der Waals surface area contributed by atoms with Gasteiger partial charge in [-0.15, -0.1) is 11.8 Å². The van der Waals surface area contributed by atoms with E-state index < -0.39 is 0 Å². The Labute approximate surface area is 161 Å². The van der Waals surface area contributed by atoms with Crippen molar-refractivity contribution in [2.75, 3.05) is 12.8 Å². The molecule has 4 nitrogen and oxygen atoms in total. The van der Waals surface area contributed by atoms with E-state index in [-0.39, 0.29) is 23.9 Å². The maximum atomic E-state index is 13.7. The van der Waals surface area contributed by atoms with Crippen molar-refractivity contribution >= 4 is 28.8 Å². The lowest BCUT2D eigenvalue weighted by Crippen LogP contribution is -2.41. The number of amides is 2. The zero-order valence-electron chi connectivity index (χ0n) is 15.2. The molecule has 1 N–H and O–H groups in total. The number of nitrogens with zero attached hydrogens (tertiary/aromatic N) is 1. The molecule has 2 aromatic carbocycles. The topological polar surface area (TPSA) is 45.5 Å². The van der Waals surface area contributed by atoms with Crippen molar-refractivity contribution in [1.29, 1.82) is 0 Å². The van der Waals surface area contributed by atoms with Crippen LogP contribution in [0.3, 0.4) is 0 Å². The molecule has 0 spiro atoms. The van der Waals surface area contributed by atoms with Crippen molar-refractivity contribution in [3.8, 4) is 0 Å². The van der Waals surface area contributed by atoms with Crippen LogP contribution in [0.25, 0.3) is 11.0 Å². The lowest BCUT2D eigenvalue weighted by Gasteiger charge is -2.30. The van der Waals surface area contributed by atoms with Gasteiger partial charge >= 0.3 is 6.03 Å². The monoisotopic (exact) mass is 384 g/mol. The highest BCUT2D eigenvalue weighted by atomic mass is 32.2. The average molecular weight is 384 g/mol. The van der Waals surface area contributed by atoms with E-state index in [4.69, 9.17) is 4.42 Å². The van der Waals surface area contributed by atoms with Crippen LogP contribution in [0.5, 0.6) is 0 Å². The second-order valence-electron chi connectivity index (χ2n) is 6.79. The minimum absolute atomic E-state index is 0.185. The molecule has 0 fully saturated rings. The zero-order chi connectivity index (χ0) is 19.0. The van der Waals surface area contributed by atoms with Gasteiger partial charge in [-0.3, -0.25) is 0 Å². The third-order valence-corrected chi connectivity index (χ3v) is 6.19. The van der Waals surface area contributed by atoms with Gasteiger partial charge in [0.15, 0.2) is 0 Å². The largest absolute Gasteiger partial charge is 0.459 e. The summed E-state index contributed by atoms with van der Waals surface area (Å²) in [5.41, 5.74) is 1.66. The first kappa shape index (κ1) is 17.9. The zero-order valence-corrected chi connectivity index (χ0v) is 16.1. The van der Waals surface area contributed by atoms with Crippen molar-refractivity contribution in [3.63, 3.8) is 0 Å². The van der Waals surface area contributed by atoms with Crippen molar-refractivity contribution < 1.29 is 13.6 Å². The van der Waals surface area contributed by atoms with Crippen molar-refractivity contribution in [2.24, 2.45) is 0 Å². The SMILES string of the molecule is C[C@H](c1cc2ccccc2o1)N(C)C(=O)N[C@H]1CCSc2ccc(F)cc21. The Hall–Kier alpha value is -2.47. The second kappa shape index (κ2) is 7.27. The predicted octanol–water partition coefficient (Wildman–Crippen LogP) is 5.51. The Bertz CT molecular complexity index is 954. The fourth-order valence-electron chi connectivity index (χ4n) is 3.34. The number of thioether (sulfide) groups is 1. The summed E-state index contributed by atoms with van der Waals surface area (Å²) in [6.45, 7) is 1.93. The number of benzene rings is 2. The number of furan rings is 1. The number of carbonyl (C=O) groups is 1. The first-order chi connectivity index (χ1) is 13.0. The van der Waals surface area contributed by atoms with Crippen molar-refractivity contribution in [2.45, 2.75) is 30.3 Å². The summed E-state index contributed by atoms with van der Waals surface area (Å²) >= 11 is 1.70. The molecular formula is C21H21FN2O2S. The molecule has 2 atom stereocenters. The molecule has 6 heteroatoms. The molecule has 140 valence electrons. The number of urea groups is 1. The minimum atomic E-state index is -0.278. The van der Waals surface area contributed by atoms with Crippen molar-refractivity contribution in [1.82, 2.24) is 10.2 Å². The first-order valence-corrected chi connectivity index (χ1v) is 9.95. The minimum Gasteiger partial charge on any atom is -0.459 e. The fourth-order valence-corrected chi connectivity index (χ4v) is 4.45. The molecule has 27 heavy (non-hydrogen) atoms. The Morgan fingerprint density at radius 2 is 2.11 bits per heavy atom. The summed E-state index contributed by atoms with van der Waals surface area (Å²) in [4.78, 5) is 15.5. The van der Waals surface area contributed by atoms with Crippen LogP contribution < -0.4 is 5.32 Å². The lowest BCUT2D eigenvalue weighted by molar-refractivity contribution is 0.183. The van der Waals surface area contributed by atoms with Gasteiger partial charge in [0.05, 0.1) is 12.1 Å². The molecule has 0 unspecified atom stereocenters. The molecule has 1 aliphatic heterocycles. The number of rotatable bonds is 3. The smallest absolute Gasteiger partial charge is 0.318 e. The van der Waals surface area contributed by atoms with Crippen LogP contribution >= 0.6 is 11.8 Å². The number of nitrogens with one attached hydrogen (secondary N) is 1. The Morgan fingerprint density at radius 3 is 2.93 bits per heavy atom. The van der Waals surface area contributed by atoms with E-state index in [1.54, 1.807) is 29.8 Å². The average Bonchev–Trinajstić information content (AvgIpc) is 3.11. The van der Waals surface area contributed by atoms with E-state index in [2.05, 4.69) is 5.32 Å².